The van der Waals surface area contributed by atoms with Crippen molar-refractivity contribution < 1.29 is 0 Å². The van der Waals surface area contributed by atoms with E-state index in [1.807, 2.05) is 0 Å². The van der Waals surface area contributed by atoms with E-state index in [2.05, 4.69) is 324 Å². The zero-order chi connectivity index (χ0) is 65.1. The topological polar surface area (TPSA) is 0 Å². The molecule has 0 aliphatic heterocycles. The SMILES string of the molecule is CC1CCC(C)C(C)C1.CC1CCC(C)C(C)C1.Cc1cc(C)c2ccccc2c1C.Cc1cc(C)c2ccccc2c1C.Cc1ccc(C)c(C)c1.Cc1ccc(C)c(C)c1.Cc1ccc2c(C)c(C)ccc2c1.Cc1ccc2cc(C)c(C)cc2c1. The summed E-state index contributed by atoms with van der Waals surface area (Å²) in [6, 6.07) is 56.9. The van der Waals surface area contributed by atoms with E-state index in [-0.39, 0.29) is 0 Å². The molecule has 0 amide bonds. The minimum absolute atomic E-state index is 0.980. The molecule has 2 saturated carbocycles. The summed E-state index contributed by atoms with van der Waals surface area (Å²) in [5.74, 6) is 5.93. The molecular formula is C88H116. The van der Waals surface area contributed by atoms with Gasteiger partial charge in [-0.25, -0.2) is 0 Å². The Balaban J connectivity index is 0.000000184. The van der Waals surface area contributed by atoms with E-state index < -0.39 is 0 Å². The van der Waals surface area contributed by atoms with Crippen molar-refractivity contribution >= 4 is 43.1 Å². The van der Waals surface area contributed by atoms with Gasteiger partial charge in [-0.2, -0.15) is 0 Å². The highest BCUT2D eigenvalue weighted by Crippen LogP contribution is 2.34. The minimum atomic E-state index is 0.980. The van der Waals surface area contributed by atoms with Crippen LogP contribution in [0.3, 0.4) is 0 Å². The average Bonchev–Trinajstić information content (AvgIpc) is 2.51. The first-order valence-electron chi connectivity index (χ1n) is 33.5. The van der Waals surface area contributed by atoms with Crippen molar-refractivity contribution in [1.82, 2.24) is 0 Å². The highest BCUT2D eigenvalue weighted by atomic mass is 14.3. The summed E-state index contributed by atoms with van der Waals surface area (Å²) in [6.45, 7) is 53.1. The van der Waals surface area contributed by atoms with Gasteiger partial charge in [0.15, 0.2) is 0 Å². The Labute approximate surface area is 538 Å². The third-order valence-electron chi connectivity index (χ3n) is 19.9. The summed E-state index contributed by atoms with van der Waals surface area (Å²) in [5, 5.41) is 11.0. The van der Waals surface area contributed by atoms with Crippen LogP contribution in [0.15, 0.2) is 158 Å². The van der Waals surface area contributed by atoms with E-state index in [9.17, 15) is 0 Å². The lowest BCUT2D eigenvalue weighted by Crippen LogP contribution is -2.18. The van der Waals surface area contributed by atoms with Gasteiger partial charge in [0.25, 0.3) is 0 Å². The van der Waals surface area contributed by atoms with Crippen LogP contribution >= 0.6 is 0 Å². The molecule has 0 aromatic heterocycles. The summed E-state index contributed by atoms with van der Waals surface area (Å²) in [5.41, 5.74) is 24.7. The zero-order valence-electron chi connectivity index (χ0n) is 59.7. The van der Waals surface area contributed by atoms with Crippen LogP contribution in [-0.2, 0) is 0 Å². The van der Waals surface area contributed by atoms with Crippen molar-refractivity contribution in [2.75, 3.05) is 0 Å². The van der Waals surface area contributed by atoms with Crippen molar-refractivity contribution in [3.05, 3.63) is 258 Å². The molecule has 0 heterocycles. The molecule has 6 unspecified atom stereocenters. The predicted octanol–water partition coefficient (Wildman–Crippen LogP) is 26.4. The monoisotopic (exact) mass is 1170 g/mol. The van der Waals surface area contributed by atoms with Crippen molar-refractivity contribution in [3.63, 3.8) is 0 Å². The average molecular weight is 1170 g/mol. The summed E-state index contributed by atoms with van der Waals surface area (Å²) in [7, 11) is 0. The van der Waals surface area contributed by atoms with Crippen LogP contribution < -0.4 is 0 Å². The van der Waals surface area contributed by atoms with E-state index in [0.29, 0.717) is 0 Å². The van der Waals surface area contributed by atoms with Gasteiger partial charge in [-0.15, -0.1) is 0 Å². The lowest BCUT2D eigenvalue weighted by Gasteiger charge is -2.29. The largest absolute Gasteiger partial charge is 0.0625 e. The van der Waals surface area contributed by atoms with E-state index in [0.717, 1.165) is 35.5 Å². The van der Waals surface area contributed by atoms with Crippen LogP contribution in [0.1, 0.15) is 180 Å². The van der Waals surface area contributed by atoms with Gasteiger partial charge in [-0.05, 0) is 294 Å². The number of benzene rings is 10. The molecule has 2 aliphatic rings. The quantitative estimate of drug-likeness (QED) is 0.142. The van der Waals surface area contributed by atoms with Crippen LogP contribution in [0.4, 0.5) is 0 Å². The van der Waals surface area contributed by atoms with Crippen molar-refractivity contribution in [2.24, 2.45) is 35.5 Å². The highest BCUT2D eigenvalue weighted by Gasteiger charge is 2.22. The third kappa shape index (κ3) is 21.5. The standard InChI is InChI=1S/4C13H14.2C9H18.2C9H12/c1-9-4-7-13-11(3)10(2)5-6-12(13)8-9;1-9-4-5-12-7-10(2)11(3)8-13(12)6-9;2*1-9-8-10(2)12-6-4-5-7-13(12)11(9)3;4*1-7-4-5-8(2)9(3)6-7/h4*4-8H,1-3H3;2*7-9H,4-6H2,1-3H3;2*4-6H,1-3H3. The highest BCUT2D eigenvalue weighted by molar-refractivity contribution is 5.90. The van der Waals surface area contributed by atoms with Crippen LogP contribution in [-0.4, -0.2) is 0 Å². The fourth-order valence-corrected chi connectivity index (χ4v) is 12.5. The Kier molecular flexibility index (Phi) is 28.0. The molecule has 0 bridgehead atoms. The number of rotatable bonds is 0. The van der Waals surface area contributed by atoms with E-state index in [1.54, 1.807) is 0 Å². The third-order valence-corrected chi connectivity index (χ3v) is 19.9. The fourth-order valence-electron chi connectivity index (χ4n) is 12.5. The molecule has 2 fully saturated rings. The van der Waals surface area contributed by atoms with Crippen molar-refractivity contribution in [1.29, 1.82) is 0 Å². The molecule has 10 aromatic rings. The number of hydrogen-bond acceptors (Lipinski definition) is 0. The van der Waals surface area contributed by atoms with Gasteiger partial charge in [0.1, 0.15) is 0 Å². The van der Waals surface area contributed by atoms with Gasteiger partial charge in [0.05, 0.1) is 0 Å². The summed E-state index contributed by atoms with van der Waals surface area (Å²) in [6.07, 6.45) is 8.77. The number of fused-ring (bicyclic) bond motifs is 4. The van der Waals surface area contributed by atoms with Gasteiger partial charge >= 0.3 is 0 Å². The molecule has 0 spiro atoms. The normalized spacial score (nSPS) is 17.5. The second-order valence-corrected chi connectivity index (χ2v) is 27.8. The van der Waals surface area contributed by atoms with Crippen LogP contribution in [0.25, 0.3) is 43.1 Å². The molecule has 88 heavy (non-hydrogen) atoms. The number of aryl methyl sites for hydroxylation is 18. The van der Waals surface area contributed by atoms with E-state index in [1.165, 1.54) is 182 Å². The molecule has 468 valence electrons. The molecule has 0 saturated heterocycles. The van der Waals surface area contributed by atoms with Crippen LogP contribution in [0.2, 0.25) is 0 Å². The second-order valence-electron chi connectivity index (χ2n) is 27.8. The zero-order valence-corrected chi connectivity index (χ0v) is 59.7. The van der Waals surface area contributed by atoms with Gasteiger partial charge in [-0.1, -0.05) is 247 Å². The van der Waals surface area contributed by atoms with E-state index in [4.69, 9.17) is 0 Å². The molecule has 0 radical (unpaired) electrons. The molecule has 12 rings (SSSR count). The lowest BCUT2D eigenvalue weighted by molar-refractivity contribution is 0.220. The molecule has 0 N–H and O–H groups in total. The maximum absolute atomic E-state index is 2.39. The van der Waals surface area contributed by atoms with Gasteiger partial charge in [0.2, 0.25) is 0 Å². The van der Waals surface area contributed by atoms with Gasteiger partial charge in [0, 0.05) is 0 Å². The number of hydrogen-bond donors (Lipinski definition) is 0. The Morgan fingerprint density at radius 3 is 0.943 bits per heavy atom. The summed E-state index contributed by atoms with van der Waals surface area (Å²) < 4.78 is 0. The van der Waals surface area contributed by atoms with Crippen LogP contribution in [0, 0.1) is 160 Å². The maximum Gasteiger partial charge on any atom is -0.0149 e. The summed E-state index contributed by atoms with van der Waals surface area (Å²) >= 11 is 0. The first kappa shape index (κ1) is 72.0. The Morgan fingerprint density at radius 1 is 0.216 bits per heavy atom. The minimum Gasteiger partial charge on any atom is -0.0625 e. The first-order valence-corrected chi connectivity index (χ1v) is 33.5. The van der Waals surface area contributed by atoms with Crippen LogP contribution in [0.5, 0.6) is 0 Å². The van der Waals surface area contributed by atoms with Gasteiger partial charge < -0.3 is 0 Å². The summed E-state index contributed by atoms with van der Waals surface area (Å²) in [4.78, 5) is 0. The van der Waals surface area contributed by atoms with E-state index >= 15 is 0 Å². The molecule has 6 atom stereocenters. The lowest BCUT2D eigenvalue weighted by atomic mass is 9.77. The Bertz CT molecular complexity index is 3670. The molecule has 10 aromatic carbocycles. The molecule has 0 nitrogen and oxygen atoms in total. The van der Waals surface area contributed by atoms with Gasteiger partial charge in [-0.3, -0.25) is 0 Å². The first-order chi connectivity index (χ1) is 41.5. The molecule has 0 heteroatoms. The maximum atomic E-state index is 2.39. The Hall–Kier alpha value is -6.76. The predicted molar refractivity (Wildman–Crippen MR) is 397 cm³/mol. The smallest absolute Gasteiger partial charge is 0.0149 e. The van der Waals surface area contributed by atoms with Crippen molar-refractivity contribution in [3.8, 4) is 0 Å². The fraction of sp³-hybridized carbons (Fsp3) is 0.409. The molecule has 2 aliphatic carbocycles. The Morgan fingerprint density at radius 2 is 0.545 bits per heavy atom. The van der Waals surface area contributed by atoms with Crippen molar-refractivity contribution in [2.45, 2.75) is 205 Å². The molecular weight excluding hydrogens is 1060 g/mol. The second kappa shape index (κ2) is 34.3.